The van der Waals surface area contributed by atoms with Crippen LogP contribution in [0.4, 0.5) is 5.69 Å². The molecule has 6 N–H and O–H groups in total. The van der Waals surface area contributed by atoms with E-state index in [4.69, 9.17) is 9.47 Å². The Labute approximate surface area is 217 Å². The topological polar surface area (TPSA) is 207 Å². The zero-order chi connectivity index (χ0) is 24.8. The van der Waals surface area contributed by atoms with Gasteiger partial charge in [-0.05, 0) is 12.1 Å². The van der Waals surface area contributed by atoms with Crippen molar-refractivity contribution in [3.05, 3.63) is 30.3 Å². The molecule has 0 aliphatic carbocycles. The predicted octanol–water partition coefficient (Wildman–Crippen LogP) is -6.79. The van der Waals surface area contributed by atoms with Gasteiger partial charge in [0.15, 0.2) is 0 Å². The Morgan fingerprint density at radius 2 is 1.82 bits per heavy atom. The third kappa shape index (κ3) is 7.45. The normalized spacial score (nSPS) is 25.7. The number of hydrogen-bond acceptors (Lipinski definition) is 10. The van der Waals surface area contributed by atoms with Crippen molar-refractivity contribution in [3.8, 4) is 0 Å². The number of carboxylic acids is 1. The summed E-state index contributed by atoms with van der Waals surface area (Å²) < 4.78 is 10.2. The Kier molecular flexibility index (Phi) is 11.5. The molecular formula is C20H26N3NaO10. The van der Waals surface area contributed by atoms with Crippen LogP contribution in [0.5, 0.6) is 0 Å². The molecule has 182 valence electrons. The number of hydrogen-bond donors (Lipinski definition) is 6. The minimum Gasteiger partial charge on any atom is -0.544 e. The number of aliphatic carboxylic acids is 1. The minimum absolute atomic E-state index is 0. The number of anilines is 1. The Morgan fingerprint density at radius 3 is 2.35 bits per heavy atom. The van der Waals surface area contributed by atoms with Crippen LogP contribution in [-0.2, 0) is 28.7 Å². The van der Waals surface area contributed by atoms with Crippen LogP contribution in [-0.4, -0.2) is 88.9 Å². The number of nitrogens with one attached hydrogen (secondary N) is 3. The number of aliphatic hydroxyl groups is 3. The zero-order valence-corrected chi connectivity index (χ0v) is 20.9. The molecule has 1 aliphatic heterocycles. The molecule has 0 saturated carbocycles. The number of methoxy groups -OCH3 is 1. The van der Waals surface area contributed by atoms with E-state index >= 15 is 0 Å². The first-order valence-corrected chi connectivity index (χ1v) is 9.90. The molecule has 0 spiro atoms. The Morgan fingerprint density at radius 1 is 1.21 bits per heavy atom. The maximum Gasteiger partial charge on any atom is 1.00 e. The van der Waals surface area contributed by atoms with Gasteiger partial charge in [0.2, 0.25) is 11.7 Å². The smallest absolute Gasteiger partial charge is 0.544 e. The quantitative estimate of drug-likeness (QED) is 0.150. The van der Waals surface area contributed by atoms with Gasteiger partial charge in [-0.3, -0.25) is 14.4 Å². The molecule has 0 aromatic heterocycles. The molecule has 3 amide bonds. The summed E-state index contributed by atoms with van der Waals surface area (Å²) in [5.74, 6) is -7.08. The third-order valence-corrected chi connectivity index (χ3v) is 5.02. The van der Waals surface area contributed by atoms with Gasteiger partial charge in [-0.15, -0.1) is 0 Å². The molecule has 34 heavy (non-hydrogen) atoms. The van der Waals surface area contributed by atoms with Crippen LogP contribution in [0.15, 0.2) is 30.3 Å². The number of aliphatic hydroxyl groups excluding tert-OH is 3. The maximum absolute atomic E-state index is 12.0. The van der Waals surface area contributed by atoms with Crippen molar-refractivity contribution in [2.75, 3.05) is 19.0 Å². The fraction of sp³-hybridized carbons (Fsp3) is 0.500. The van der Waals surface area contributed by atoms with E-state index in [1.165, 1.54) is 0 Å². The van der Waals surface area contributed by atoms with Crippen LogP contribution in [0.2, 0.25) is 0 Å². The molecule has 0 bridgehead atoms. The molecule has 1 heterocycles. The second-order valence-electron chi connectivity index (χ2n) is 7.41. The van der Waals surface area contributed by atoms with Gasteiger partial charge in [0, 0.05) is 32.7 Å². The maximum atomic E-state index is 12.0. The number of rotatable bonds is 8. The van der Waals surface area contributed by atoms with Gasteiger partial charge in [-0.1, -0.05) is 18.2 Å². The fourth-order valence-corrected chi connectivity index (χ4v) is 3.33. The van der Waals surface area contributed by atoms with Gasteiger partial charge in [0.05, 0.1) is 18.2 Å². The Balaban J connectivity index is 0.00000578. The van der Waals surface area contributed by atoms with Crippen LogP contribution in [0.3, 0.4) is 0 Å². The number of carbonyl (C=O) groups excluding carboxylic acids is 4. The summed E-state index contributed by atoms with van der Waals surface area (Å²) in [6.07, 6.45) is -7.59. The molecule has 0 unspecified atom stereocenters. The fourth-order valence-electron chi connectivity index (χ4n) is 3.33. The molecule has 2 rings (SSSR count). The number of para-hydroxylation sites is 1. The van der Waals surface area contributed by atoms with E-state index in [0.717, 1.165) is 14.0 Å². The van der Waals surface area contributed by atoms with Crippen molar-refractivity contribution in [1.29, 1.82) is 0 Å². The predicted molar refractivity (Wildman–Crippen MR) is 108 cm³/mol. The van der Waals surface area contributed by atoms with Gasteiger partial charge in [0.25, 0.3) is 0 Å². The van der Waals surface area contributed by atoms with E-state index in [0.29, 0.717) is 5.69 Å². The van der Waals surface area contributed by atoms with E-state index < -0.39 is 72.9 Å². The molecule has 1 aromatic carbocycles. The van der Waals surface area contributed by atoms with Crippen LogP contribution in [0, 0.1) is 0 Å². The summed E-state index contributed by atoms with van der Waals surface area (Å²) in [4.78, 5) is 47.0. The zero-order valence-electron chi connectivity index (χ0n) is 18.9. The van der Waals surface area contributed by atoms with Crippen molar-refractivity contribution < 1.29 is 78.6 Å². The standard InChI is InChI=1S/C20H27N3O10.Na/c1-10(24)22-14-12(25)8-20(32-2,19(30)31)33-16(14)15(27)13(26)9-21-17(28)18(29)23-11-6-4-3-5-7-11;/h3-7,12-16,25-27H,8-9H2,1-2H3,(H,21,28)(H,22,24)(H,23,29)(H,30,31);/q;+1/p-1/t12-,13+,14+,15+,16+,20+;/m0./s1. The van der Waals surface area contributed by atoms with Crippen LogP contribution in [0.25, 0.3) is 0 Å². The largest absolute Gasteiger partial charge is 1.00 e. The average Bonchev–Trinajstić information content (AvgIpc) is 2.78. The van der Waals surface area contributed by atoms with Gasteiger partial charge >= 0.3 is 41.4 Å². The summed E-state index contributed by atoms with van der Waals surface area (Å²) in [5.41, 5.74) is 0.360. The van der Waals surface area contributed by atoms with Gasteiger partial charge < -0.3 is 50.6 Å². The molecule has 0 radical (unpaired) electrons. The van der Waals surface area contributed by atoms with E-state index in [1.54, 1.807) is 30.3 Å². The number of amides is 3. The monoisotopic (exact) mass is 491 g/mol. The van der Waals surface area contributed by atoms with E-state index in [-0.39, 0.29) is 29.6 Å². The number of carboxylic acid groups (broad SMARTS) is 1. The summed E-state index contributed by atoms with van der Waals surface area (Å²) in [6, 6.07) is 6.78. The second-order valence-corrected chi connectivity index (χ2v) is 7.41. The van der Waals surface area contributed by atoms with Crippen molar-refractivity contribution in [2.45, 2.75) is 49.6 Å². The number of carbonyl (C=O) groups is 4. The molecule has 1 aromatic rings. The third-order valence-electron chi connectivity index (χ3n) is 5.02. The Hall–Kier alpha value is -2.10. The first-order valence-electron chi connectivity index (χ1n) is 9.90. The summed E-state index contributed by atoms with van der Waals surface area (Å²) >= 11 is 0. The van der Waals surface area contributed by atoms with Gasteiger partial charge in [0.1, 0.15) is 18.2 Å². The van der Waals surface area contributed by atoms with E-state index in [9.17, 15) is 39.6 Å². The average molecular weight is 491 g/mol. The van der Waals surface area contributed by atoms with Crippen LogP contribution < -0.4 is 50.6 Å². The first-order chi connectivity index (χ1) is 15.5. The Bertz CT molecular complexity index is 873. The van der Waals surface area contributed by atoms with Crippen LogP contribution in [0.1, 0.15) is 13.3 Å². The molecule has 14 heteroatoms. The summed E-state index contributed by atoms with van der Waals surface area (Å²) in [5, 5.41) is 49.6. The molecule has 1 fully saturated rings. The second kappa shape index (κ2) is 13.1. The van der Waals surface area contributed by atoms with Crippen molar-refractivity contribution in [1.82, 2.24) is 10.6 Å². The van der Waals surface area contributed by atoms with E-state index in [2.05, 4.69) is 16.0 Å². The number of ether oxygens (including phenoxy) is 2. The SMILES string of the molecule is CO[C@]1(C(=O)[O-])C[C@H](O)[C@@H](NC(C)=O)[C@H]([C@H](O)[C@H](O)CNC(=O)C(=O)Nc2ccccc2)O1.[Na+]. The summed E-state index contributed by atoms with van der Waals surface area (Å²) in [6.45, 7) is 0.478. The van der Waals surface area contributed by atoms with E-state index in [1.807, 2.05) is 0 Å². The molecule has 1 aliphatic rings. The molecule has 1 saturated heterocycles. The van der Waals surface area contributed by atoms with Gasteiger partial charge in [-0.25, -0.2) is 0 Å². The van der Waals surface area contributed by atoms with Crippen molar-refractivity contribution in [2.24, 2.45) is 0 Å². The van der Waals surface area contributed by atoms with Crippen molar-refractivity contribution in [3.63, 3.8) is 0 Å². The molecule has 13 nitrogen and oxygen atoms in total. The van der Waals surface area contributed by atoms with Gasteiger partial charge in [-0.2, -0.15) is 0 Å². The first kappa shape index (κ1) is 29.9. The summed E-state index contributed by atoms with van der Waals surface area (Å²) in [7, 11) is 0.979. The number of benzene rings is 1. The molecule has 6 atom stereocenters. The minimum atomic E-state index is -2.46. The molecular weight excluding hydrogens is 465 g/mol. The van der Waals surface area contributed by atoms with Crippen molar-refractivity contribution >= 4 is 29.4 Å². The van der Waals surface area contributed by atoms with Crippen LogP contribution >= 0.6 is 0 Å².